The lowest BCUT2D eigenvalue weighted by Gasteiger charge is -2.06. The van der Waals surface area contributed by atoms with Crippen LogP contribution >= 0.6 is 0 Å². The Morgan fingerprint density at radius 2 is 1.81 bits per heavy atom. The third-order valence-electron chi connectivity index (χ3n) is 3.83. The van der Waals surface area contributed by atoms with Crippen LogP contribution in [0.1, 0.15) is 42.5 Å². The largest absolute Gasteiger partial charge is 0.494 e. The number of rotatable bonds is 6. The minimum Gasteiger partial charge on any atom is -0.494 e. The number of hydrogen-bond acceptors (Lipinski definition) is 6. The number of ketones is 1. The number of methoxy groups -OCH3 is 2. The van der Waals surface area contributed by atoms with E-state index in [1.165, 1.54) is 26.4 Å². The van der Waals surface area contributed by atoms with Gasteiger partial charge in [-0.05, 0) is 37.6 Å². The summed E-state index contributed by atoms with van der Waals surface area (Å²) in [4.78, 5) is 38.8. The molecule has 0 fully saturated rings. The fourth-order valence-corrected chi connectivity index (χ4v) is 2.52. The van der Waals surface area contributed by atoms with Gasteiger partial charge >= 0.3 is 11.9 Å². The van der Waals surface area contributed by atoms with Gasteiger partial charge in [-0.1, -0.05) is 0 Å². The van der Waals surface area contributed by atoms with E-state index in [4.69, 9.17) is 9.47 Å². The summed E-state index contributed by atoms with van der Waals surface area (Å²) in [6.45, 7) is 2.65. The number of hydrogen-bond donors (Lipinski definition) is 1. The second-order valence-corrected chi connectivity index (χ2v) is 5.47. The third kappa shape index (κ3) is 3.74. The molecule has 0 amide bonds. The second kappa shape index (κ2) is 7.81. The van der Waals surface area contributed by atoms with E-state index >= 15 is 0 Å². The summed E-state index contributed by atoms with van der Waals surface area (Å²) in [5.74, 6) is -2.67. The van der Waals surface area contributed by atoms with Gasteiger partial charge in [0.05, 0.1) is 31.0 Å². The van der Waals surface area contributed by atoms with Crippen molar-refractivity contribution in [3.05, 3.63) is 52.1 Å². The zero-order chi connectivity index (χ0) is 19.4. The molecule has 138 valence electrons. The first-order valence-electron chi connectivity index (χ1n) is 7.61. The number of aryl methyl sites for hydroxylation is 1. The fraction of sp³-hybridized carbons (Fsp3) is 0.278. The van der Waals surface area contributed by atoms with Crippen molar-refractivity contribution < 1.29 is 33.0 Å². The van der Waals surface area contributed by atoms with E-state index in [1.54, 1.807) is 13.8 Å². The summed E-state index contributed by atoms with van der Waals surface area (Å²) >= 11 is 0. The number of H-pyrrole nitrogens is 1. The van der Waals surface area contributed by atoms with Crippen LogP contribution in [-0.4, -0.2) is 43.5 Å². The summed E-state index contributed by atoms with van der Waals surface area (Å²) in [6, 6.07) is 3.58. The Balaban J connectivity index is 2.10. The Kier molecular flexibility index (Phi) is 5.76. The van der Waals surface area contributed by atoms with Crippen molar-refractivity contribution in [1.82, 2.24) is 4.98 Å². The number of Topliss-reactive ketones (excluding diaryl/α,β-unsaturated/α-hetero) is 1. The molecule has 7 nitrogen and oxygen atoms in total. The molecule has 0 spiro atoms. The molecule has 1 aromatic carbocycles. The Morgan fingerprint density at radius 3 is 2.38 bits per heavy atom. The molecule has 0 aliphatic rings. The zero-order valence-electron chi connectivity index (χ0n) is 14.8. The molecule has 0 saturated carbocycles. The summed E-state index contributed by atoms with van der Waals surface area (Å²) in [6.07, 6.45) is 0. The van der Waals surface area contributed by atoms with Gasteiger partial charge in [0.15, 0.2) is 18.2 Å². The maximum Gasteiger partial charge on any atom is 0.339 e. The molecular formula is C18H18FNO6. The summed E-state index contributed by atoms with van der Waals surface area (Å²) in [5, 5.41) is 0. The average molecular weight is 363 g/mol. The summed E-state index contributed by atoms with van der Waals surface area (Å²) in [5.41, 5.74) is 1.24. The molecule has 1 aromatic heterocycles. The zero-order valence-corrected chi connectivity index (χ0v) is 14.8. The predicted molar refractivity (Wildman–Crippen MR) is 89.2 cm³/mol. The minimum atomic E-state index is -0.853. The van der Waals surface area contributed by atoms with Crippen LogP contribution in [0.5, 0.6) is 5.75 Å². The number of ether oxygens (including phenoxy) is 3. The minimum absolute atomic E-state index is 0.00884. The van der Waals surface area contributed by atoms with Crippen molar-refractivity contribution >= 4 is 17.7 Å². The molecule has 1 N–H and O–H groups in total. The van der Waals surface area contributed by atoms with Crippen LogP contribution in [-0.2, 0) is 9.47 Å². The van der Waals surface area contributed by atoms with Crippen molar-refractivity contribution in [3.63, 3.8) is 0 Å². The van der Waals surface area contributed by atoms with Gasteiger partial charge in [0, 0.05) is 5.69 Å². The quantitative estimate of drug-likeness (QED) is 0.626. The molecule has 0 bridgehead atoms. The van der Waals surface area contributed by atoms with Gasteiger partial charge in [0.25, 0.3) is 0 Å². The third-order valence-corrected chi connectivity index (χ3v) is 3.83. The molecule has 0 radical (unpaired) electrons. The molecule has 1 heterocycles. The lowest BCUT2D eigenvalue weighted by atomic mass is 10.1. The Bertz CT molecular complexity index is 871. The topological polar surface area (TPSA) is 94.7 Å². The monoisotopic (exact) mass is 363 g/mol. The van der Waals surface area contributed by atoms with Crippen LogP contribution in [0.2, 0.25) is 0 Å². The summed E-state index contributed by atoms with van der Waals surface area (Å²) < 4.78 is 28.0. The average Bonchev–Trinajstić information content (AvgIpc) is 2.93. The molecule has 0 saturated heterocycles. The fourth-order valence-electron chi connectivity index (χ4n) is 2.52. The number of carbonyl (C=O) groups excluding carboxylic acids is 3. The van der Waals surface area contributed by atoms with Crippen molar-refractivity contribution in [3.8, 4) is 5.75 Å². The van der Waals surface area contributed by atoms with Gasteiger partial charge in [-0.2, -0.15) is 0 Å². The molecule has 0 aliphatic carbocycles. The second-order valence-electron chi connectivity index (χ2n) is 5.47. The van der Waals surface area contributed by atoms with Crippen LogP contribution < -0.4 is 4.74 Å². The predicted octanol–water partition coefficient (Wildman–Crippen LogP) is 2.61. The van der Waals surface area contributed by atoms with Gasteiger partial charge in [0.1, 0.15) is 0 Å². The lowest BCUT2D eigenvalue weighted by molar-refractivity contribution is 0.0472. The molecule has 26 heavy (non-hydrogen) atoms. The molecule has 0 unspecified atom stereocenters. The Labute approximate surface area is 149 Å². The smallest absolute Gasteiger partial charge is 0.339 e. The van der Waals surface area contributed by atoms with E-state index in [2.05, 4.69) is 9.72 Å². The highest BCUT2D eigenvalue weighted by molar-refractivity contribution is 6.03. The number of aromatic nitrogens is 1. The van der Waals surface area contributed by atoms with Crippen molar-refractivity contribution in [2.45, 2.75) is 13.8 Å². The van der Waals surface area contributed by atoms with Crippen LogP contribution in [0, 0.1) is 19.7 Å². The lowest BCUT2D eigenvalue weighted by Crippen LogP contribution is -2.16. The number of esters is 2. The number of carbonyl (C=O) groups is 3. The highest BCUT2D eigenvalue weighted by atomic mass is 19.1. The number of benzene rings is 1. The van der Waals surface area contributed by atoms with Crippen LogP contribution in [0.25, 0.3) is 0 Å². The standard InChI is InChI=1S/C18H18FNO6/c1-9-15(18(23)25-4)10(2)20-16(9)13(21)8-26-17(22)11-5-6-14(24-3)12(19)7-11/h5-7,20H,8H2,1-4H3. The van der Waals surface area contributed by atoms with E-state index in [9.17, 15) is 18.8 Å². The van der Waals surface area contributed by atoms with E-state index < -0.39 is 30.1 Å². The molecule has 2 aromatic rings. The molecule has 0 atom stereocenters. The van der Waals surface area contributed by atoms with Crippen molar-refractivity contribution in [2.75, 3.05) is 20.8 Å². The van der Waals surface area contributed by atoms with E-state index in [0.717, 1.165) is 6.07 Å². The molecule has 8 heteroatoms. The first-order chi connectivity index (χ1) is 12.3. The van der Waals surface area contributed by atoms with Crippen LogP contribution in [0.15, 0.2) is 18.2 Å². The molecule has 0 aliphatic heterocycles. The SMILES string of the molecule is COC(=O)c1c(C)[nH]c(C(=O)COC(=O)c2ccc(OC)c(F)c2)c1C. The highest BCUT2D eigenvalue weighted by Crippen LogP contribution is 2.20. The van der Waals surface area contributed by atoms with Gasteiger partial charge < -0.3 is 19.2 Å². The first kappa shape index (κ1) is 19.2. The number of halogens is 1. The van der Waals surface area contributed by atoms with Crippen molar-refractivity contribution in [2.24, 2.45) is 0 Å². The molecular weight excluding hydrogens is 345 g/mol. The number of nitrogens with one attached hydrogen (secondary N) is 1. The van der Waals surface area contributed by atoms with Crippen LogP contribution in [0.4, 0.5) is 4.39 Å². The van der Waals surface area contributed by atoms with Crippen molar-refractivity contribution in [1.29, 1.82) is 0 Å². The van der Waals surface area contributed by atoms with E-state index in [0.29, 0.717) is 11.3 Å². The first-order valence-corrected chi connectivity index (χ1v) is 7.61. The Hall–Kier alpha value is -3.16. The van der Waals surface area contributed by atoms with Gasteiger partial charge in [-0.3, -0.25) is 4.79 Å². The Morgan fingerprint density at radius 1 is 1.12 bits per heavy atom. The highest BCUT2D eigenvalue weighted by Gasteiger charge is 2.23. The van der Waals surface area contributed by atoms with Gasteiger partial charge in [0.2, 0.25) is 5.78 Å². The number of aromatic amines is 1. The van der Waals surface area contributed by atoms with Gasteiger partial charge in [-0.15, -0.1) is 0 Å². The van der Waals surface area contributed by atoms with E-state index in [-0.39, 0.29) is 22.6 Å². The summed E-state index contributed by atoms with van der Waals surface area (Å²) in [7, 11) is 2.55. The maximum atomic E-state index is 13.6. The van der Waals surface area contributed by atoms with E-state index in [1.807, 2.05) is 0 Å². The molecule has 2 rings (SSSR count). The maximum absolute atomic E-state index is 13.6. The van der Waals surface area contributed by atoms with Gasteiger partial charge in [-0.25, -0.2) is 14.0 Å². The normalized spacial score (nSPS) is 10.3. The van der Waals surface area contributed by atoms with Crippen LogP contribution in [0.3, 0.4) is 0 Å².